The number of carbonyl (C=O) groups is 1. The largest absolute Gasteiger partial charge is 0.358 e. The molecule has 0 aliphatic carbocycles. The number of imidazole rings is 1. The lowest BCUT2D eigenvalue weighted by Gasteiger charge is -2.27. The molecule has 0 unspecified atom stereocenters. The van der Waals surface area contributed by atoms with E-state index in [0.29, 0.717) is 40.4 Å². The normalized spacial score (nSPS) is 11.8. The SMILES string of the molecule is C[N+](C)(C/C=C/C(=O)Nc1ccc2ncnc(Nc3cccc(Br)c3)c2c1)Cc1nc2ccccn2c1[N+](=O)[O-]. The molecule has 0 saturated heterocycles. The minimum Gasteiger partial charge on any atom is -0.358 e. The van der Waals surface area contributed by atoms with Crippen molar-refractivity contribution in [2.45, 2.75) is 6.54 Å². The Balaban J connectivity index is 1.26. The lowest BCUT2D eigenvalue weighted by Crippen LogP contribution is -2.39. The summed E-state index contributed by atoms with van der Waals surface area (Å²) in [6.07, 6.45) is 6.34. The van der Waals surface area contributed by atoms with Gasteiger partial charge in [0, 0.05) is 33.4 Å². The fourth-order valence-electron chi connectivity index (χ4n) is 4.37. The number of nitrogens with zero attached hydrogens (tertiary/aromatic N) is 6. The van der Waals surface area contributed by atoms with Crippen LogP contribution in [0, 0.1) is 10.1 Å². The van der Waals surface area contributed by atoms with Crippen molar-refractivity contribution in [1.82, 2.24) is 19.4 Å². The fraction of sp³-hybridized carbons (Fsp3) is 0.143. The van der Waals surface area contributed by atoms with Crippen molar-refractivity contribution >= 4 is 61.4 Å². The molecule has 0 spiro atoms. The van der Waals surface area contributed by atoms with E-state index in [1.54, 1.807) is 36.5 Å². The van der Waals surface area contributed by atoms with Crippen LogP contribution >= 0.6 is 15.9 Å². The number of pyridine rings is 1. The Morgan fingerprint density at radius 3 is 2.75 bits per heavy atom. The maximum Gasteiger partial charge on any atom is 0.356 e. The van der Waals surface area contributed by atoms with Crippen molar-refractivity contribution < 1.29 is 14.2 Å². The van der Waals surface area contributed by atoms with Crippen LogP contribution in [0.4, 0.5) is 23.0 Å². The third kappa shape index (κ3) is 6.14. The number of nitrogens with one attached hydrogen (secondary N) is 2. The summed E-state index contributed by atoms with van der Waals surface area (Å²) in [5.41, 5.74) is 3.12. The first-order valence-electron chi connectivity index (χ1n) is 12.4. The summed E-state index contributed by atoms with van der Waals surface area (Å²) < 4.78 is 2.79. The van der Waals surface area contributed by atoms with E-state index in [4.69, 9.17) is 0 Å². The number of carbonyl (C=O) groups excluding carboxylic acids is 1. The Bertz CT molecular complexity index is 1770. The number of rotatable bonds is 9. The van der Waals surface area contributed by atoms with Gasteiger partial charge in [-0.3, -0.25) is 4.79 Å². The van der Waals surface area contributed by atoms with Crippen LogP contribution in [0.25, 0.3) is 16.6 Å². The number of aromatic nitrogens is 4. The van der Waals surface area contributed by atoms with E-state index in [1.165, 1.54) is 16.8 Å². The average Bonchev–Trinajstić information content (AvgIpc) is 3.26. The topological polar surface area (TPSA) is 127 Å². The second-order valence-electron chi connectivity index (χ2n) is 9.83. The number of likely N-dealkylation sites (N-methyl/N-ethyl adjacent to an activating group) is 1. The van der Waals surface area contributed by atoms with Crippen molar-refractivity contribution in [3.63, 3.8) is 0 Å². The second-order valence-corrected chi connectivity index (χ2v) is 10.7. The summed E-state index contributed by atoms with van der Waals surface area (Å²) in [7, 11) is 3.86. The van der Waals surface area contributed by atoms with Gasteiger partial charge < -0.3 is 25.2 Å². The summed E-state index contributed by atoms with van der Waals surface area (Å²) in [4.78, 5) is 37.2. The number of hydrogen-bond acceptors (Lipinski definition) is 7. The maximum atomic E-state index is 12.7. The van der Waals surface area contributed by atoms with E-state index < -0.39 is 4.92 Å². The van der Waals surface area contributed by atoms with Crippen molar-refractivity contribution in [1.29, 1.82) is 0 Å². The van der Waals surface area contributed by atoms with E-state index in [0.717, 1.165) is 21.1 Å². The highest BCUT2D eigenvalue weighted by atomic mass is 79.9. The van der Waals surface area contributed by atoms with Gasteiger partial charge >= 0.3 is 5.82 Å². The van der Waals surface area contributed by atoms with Gasteiger partial charge in [0.15, 0.2) is 5.69 Å². The highest BCUT2D eigenvalue weighted by molar-refractivity contribution is 9.10. The molecular formula is C28H26BrN8O3+. The number of nitro groups is 1. The molecule has 11 nitrogen and oxygen atoms in total. The van der Waals surface area contributed by atoms with Gasteiger partial charge in [0.2, 0.25) is 11.6 Å². The highest BCUT2D eigenvalue weighted by Crippen LogP contribution is 2.27. The number of anilines is 3. The third-order valence-electron chi connectivity index (χ3n) is 6.18. The maximum absolute atomic E-state index is 12.7. The molecule has 202 valence electrons. The van der Waals surface area contributed by atoms with Gasteiger partial charge in [-0.2, -0.15) is 9.38 Å². The van der Waals surface area contributed by atoms with E-state index in [-0.39, 0.29) is 11.7 Å². The first-order valence-corrected chi connectivity index (χ1v) is 13.1. The minimum absolute atomic E-state index is 0.0439. The molecule has 0 aliphatic heterocycles. The summed E-state index contributed by atoms with van der Waals surface area (Å²) in [5, 5.41) is 18.7. The van der Waals surface area contributed by atoms with Gasteiger partial charge in [-0.15, -0.1) is 0 Å². The molecule has 3 aromatic heterocycles. The molecule has 12 heteroatoms. The van der Waals surface area contributed by atoms with Crippen LogP contribution in [-0.4, -0.2) is 55.3 Å². The molecule has 5 aromatic rings. The number of quaternary nitrogens is 1. The Labute approximate surface area is 238 Å². The third-order valence-corrected chi connectivity index (χ3v) is 6.68. The molecule has 2 aromatic carbocycles. The van der Waals surface area contributed by atoms with Crippen LogP contribution in [0.15, 0.2) is 89.8 Å². The molecule has 3 heterocycles. The molecule has 1 amide bonds. The predicted octanol–water partition coefficient (Wildman–Crippen LogP) is 5.46. The first kappa shape index (κ1) is 26.9. The zero-order chi connectivity index (χ0) is 28.3. The smallest absolute Gasteiger partial charge is 0.356 e. The van der Waals surface area contributed by atoms with Gasteiger partial charge in [-0.1, -0.05) is 28.1 Å². The molecule has 0 bridgehead atoms. The quantitative estimate of drug-likeness (QED) is 0.0993. The summed E-state index contributed by atoms with van der Waals surface area (Å²) in [6, 6.07) is 18.4. The van der Waals surface area contributed by atoms with E-state index >= 15 is 0 Å². The molecule has 0 atom stereocenters. The molecular weight excluding hydrogens is 576 g/mol. The number of hydrogen-bond donors (Lipinski definition) is 2. The first-order chi connectivity index (χ1) is 19.2. The summed E-state index contributed by atoms with van der Waals surface area (Å²) >= 11 is 3.47. The highest BCUT2D eigenvalue weighted by Gasteiger charge is 2.28. The van der Waals surface area contributed by atoms with E-state index in [1.807, 2.05) is 50.5 Å². The van der Waals surface area contributed by atoms with Crippen LogP contribution < -0.4 is 10.6 Å². The van der Waals surface area contributed by atoms with E-state index in [2.05, 4.69) is 41.5 Å². The van der Waals surface area contributed by atoms with Gasteiger partial charge in [-0.25, -0.2) is 9.97 Å². The Morgan fingerprint density at radius 1 is 1.10 bits per heavy atom. The molecule has 0 saturated carbocycles. The van der Waals surface area contributed by atoms with Crippen molar-refractivity contribution in [3.8, 4) is 0 Å². The van der Waals surface area contributed by atoms with Crippen molar-refractivity contribution in [3.05, 3.63) is 106 Å². The fourth-order valence-corrected chi connectivity index (χ4v) is 4.77. The monoisotopic (exact) mass is 601 g/mol. The number of fused-ring (bicyclic) bond motifs is 2. The lowest BCUT2D eigenvalue weighted by molar-refractivity contribution is -0.898. The van der Waals surface area contributed by atoms with Gasteiger partial charge in [-0.05, 0) is 53.5 Å². The Hall–Kier alpha value is -4.68. The van der Waals surface area contributed by atoms with Crippen LogP contribution in [0.5, 0.6) is 0 Å². The molecule has 0 fully saturated rings. The van der Waals surface area contributed by atoms with Crippen molar-refractivity contribution in [2.75, 3.05) is 31.3 Å². The number of halogens is 1. The second kappa shape index (κ2) is 11.2. The zero-order valence-corrected chi connectivity index (χ0v) is 23.4. The standard InChI is InChI=1S/C28H25BrN8O3/c1-37(2,17-24-28(36(39)40)35-13-4-3-9-25(35)34-24)14-6-10-26(38)32-21-11-12-23-22(16-21)27(31-18-30-23)33-20-8-5-7-19(29)15-20/h3-13,15-16,18H,14,17H2,1-2H3,(H-,30,31,32,33,38)/p+1/b10-6+. The summed E-state index contributed by atoms with van der Waals surface area (Å²) in [6.45, 7) is 0.785. The van der Waals surface area contributed by atoms with Crippen LogP contribution in [0.2, 0.25) is 0 Å². The predicted molar refractivity (Wildman–Crippen MR) is 157 cm³/mol. The van der Waals surface area contributed by atoms with E-state index in [9.17, 15) is 14.9 Å². The van der Waals surface area contributed by atoms with Gasteiger partial charge in [0.25, 0.3) is 0 Å². The minimum atomic E-state index is -0.410. The Kier molecular flexibility index (Phi) is 7.54. The van der Waals surface area contributed by atoms with Gasteiger partial charge in [0.1, 0.15) is 18.7 Å². The molecule has 40 heavy (non-hydrogen) atoms. The number of benzene rings is 2. The average molecular weight is 602 g/mol. The Morgan fingerprint density at radius 2 is 1.95 bits per heavy atom. The molecule has 5 rings (SSSR count). The van der Waals surface area contributed by atoms with Crippen molar-refractivity contribution in [2.24, 2.45) is 0 Å². The summed E-state index contributed by atoms with van der Waals surface area (Å²) in [5.74, 6) is 0.281. The lowest BCUT2D eigenvalue weighted by atomic mass is 10.2. The molecule has 2 N–H and O–H groups in total. The van der Waals surface area contributed by atoms with Crippen LogP contribution in [-0.2, 0) is 11.3 Å². The van der Waals surface area contributed by atoms with Crippen LogP contribution in [0.3, 0.4) is 0 Å². The van der Waals surface area contributed by atoms with Gasteiger partial charge in [0.05, 0.1) is 32.4 Å². The number of amides is 1. The molecule has 0 radical (unpaired) electrons. The van der Waals surface area contributed by atoms with Crippen LogP contribution in [0.1, 0.15) is 5.69 Å². The zero-order valence-electron chi connectivity index (χ0n) is 21.8. The molecule has 0 aliphatic rings.